The molecule has 35 heavy (non-hydrogen) atoms. The number of methoxy groups -OCH3 is 1. The van der Waals surface area contributed by atoms with E-state index in [1.807, 2.05) is 0 Å². The Bertz CT molecular complexity index is 1190. The lowest BCUT2D eigenvalue weighted by Crippen LogP contribution is -2.39. The molecule has 0 bridgehead atoms. The molecule has 3 rings (SSSR count). The highest BCUT2D eigenvalue weighted by Gasteiger charge is 2.33. The van der Waals surface area contributed by atoms with Gasteiger partial charge in [0.2, 0.25) is 0 Å². The van der Waals surface area contributed by atoms with Crippen molar-refractivity contribution in [2.45, 2.75) is 45.1 Å². The third kappa shape index (κ3) is 6.27. The normalized spacial score (nSPS) is 14.3. The molecule has 0 saturated heterocycles. The number of nitrogens with zero attached hydrogens (tertiary/aromatic N) is 1. The summed E-state index contributed by atoms with van der Waals surface area (Å²) in [5, 5.41) is -0.0726. The molecule has 0 heterocycles. The summed E-state index contributed by atoms with van der Waals surface area (Å²) in [6.45, 7) is 2.00. The molecule has 0 aliphatic heterocycles. The lowest BCUT2D eigenvalue weighted by molar-refractivity contribution is -0.114. The average Bonchev–Trinajstić information content (AvgIpc) is 2.85. The average molecular weight is 502 g/mol. The second kappa shape index (κ2) is 12.0. The van der Waals surface area contributed by atoms with Gasteiger partial charge in [0.25, 0.3) is 11.8 Å². The maximum absolute atomic E-state index is 15.2. The van der Waals surface area contributed by atoms with Crippen LogP contribution >= 0.6 is 11.6 Å². The van der Waals surface area contributed by atoms with E-state index in [1.165, 1.54) is 24.3 Å². The zero-order valence-corrected chi connectivity index (χ0v) is 20.3. The van der Waals surface area contributed by atoms with Gasteiger partial charge in [-0.2, -0.15) is 0 Å². The first-order chi connectivity index (χ1) is 16.8. The Morgan fingerprint density at radius 2 is 1.91 bits per heavy atom. The van der Waals surface area contributed by atoms with Gasteiger partial charge in [0, 0.05) is 30.9 Å². The summed E-state index contributed by atoms with van der Waals surface area (Å²) in [7, 11) is 1.56. The molecule has 2 aromatic rings. The van der Waals surface area contributed by atoms with E-state index >= 15 is 4.39 Å². The predicted molar refractivity (Wildman–Crippen MR) is 131 cm³/mol. The minimum atomic E-state index is -0.913. The van der Waals surface area contributed by atoms with Gasteiger partial charge in [0.1, 0.15) is 17.4 Å². The lowest BCUT2D eigenvalue weighted by Gasteiger charge is -2.27. The molecule has 0 saturated carbocycles. The van der Waals surface area contributed by atoms with Crippen molar-refractivity contribution < 1.29 is 27.8 Å². The summed E-state index contributed by atoms with van der Waals surface area (Å²) in [4.78, 5) is 28.1. The number of imide groups is 1. The minimum absolute atomic E-state index is 0.00980. The highest BCUT2D eigenvalue weighted by Crippen LogP contribution is 2.36. The number of carbonyl (C=O) groups excluding carboxylic acids is 2. The summed E-state index contributed by atoms with van der Waals surface area (Å²) >= 11 is 6.14. The Morgan fingerprint density at radius 3 is 2.60 bits per heavy atom. The molecule has 0 fully saturated rings. The van der Waals surface area contributed by atoms with Gasteiger partial charge >= 0.3 is 0 Å². The second-order valence-electron chi connectivity index (χ2n) is 8.15. The van der Waals surface area contributed by atoms with Crippen LogP contribution in [0.15, 0.2) is 47.5 Å². The van der Waals surface area contributed by atoms with Crippen LogP contribution in [0, 0.1) is 24.0 Å². The number of halogens is 3. The van der Waals surface area contributed by atoms with Crippen molar-refractivity contribution in [2.75, 3.05) is 18.6 Å². The molecule has 0 spiro atoms. The number of carbonyl (C=O) groups is 2. The van der Waals surface area contributed by atoms with Gasteiger partial charge in [-0.3, -0.25) is 9.59 Å². The maximum Gasteiger partial charge on any atom is 0.265 e. The summed E-state index contributed by atoms with van der Waals surface area (Å²) in [6, 6.07) is 6.99. The fourth-order valence-electron chi connectivity index (χ4n) is 3.93. The molecule has 0 aromatic heterocycles. The summed E-state index contributed by atoms with van der Waals surface area (Å²) < 4.78 is 39.9. The molecule has 0 radical (unpaired) electrons. The number of anilines is 1. The van der Waals surface area contributed by atoms with E-state index in [0.717, 1.165) is 35.4 Å². The standard InChI is InChI=1S/C27H26ClF2NO4/c1-4-17(2)35-25-16-24(23(30)15-22(25)28)31(26(32)19-9-7-10-20(29)14-19)27(33)21-11-6-5-8-18(21)12-13-34-3/h1,7,9-10,14-17H,5-6,8,11-13H2,2-3H3. The van der Waals surface area contributed by atoms with E-state index in [2.05, 4.69) is 5.92 Å². The molecule has 1 aliphatic rings. The van der Waals surface area contributed by atoms with Gasteiger partial charge in [-0.15, -0.1) is 6.42 Å². The van der Waals surface area contributed by atoms with Crippen molar-refractivity contribution in [3.63, 3.8) is 0 Å². The van der Waals surface area contributed by atoms with Gasteiger partial charge in [0.15, 0.2) is 6.10 Å². The van der Waals surface area contributed by atoms with Crippen molar-refractivity contribution in [3.05, 3.63) is 69.8 Å². The molecule has 2 amide bonds. The first kappa shape index (κ1) is 26.4. The third-order valence-corrected chi connectivity index (χ3v) is 6.00. The minimum Gasteiger partial charge on any atom is -0.476 e. The van der Waals surface area contributed by atoms with Crippen LogP contribution in [0.1, 0.15) is 49.4 Å². The largest absolute Gasteiger partial charge is 0.476 e. The first-order valence-corrected chi connectivity index (χ1v) is 11.6. The van der Waals surface area contributed by atoms with E-state index in [-0.39, 0.29) is 22.0 Å². The summed E-state index contributed by atoms with van der Waals surface area (Å²) in [5.74, 6) is -0.748. The Morgan fingerprint density at radius 1 is 1.17 bits per heavy atom. The molecule has 1 aliphatic carbocycles. The molecule has 1 atom stereocenters. The molecule has 8 heteroatoms. The molecule has 184 valence electrons. The zero-order valence-electron chi connectivity index (χ0n) is 19.6. The van der Waals surface area contributed by atoms with E-state index in [9.17, 15) is 14.0 Å². The van der Waals surface area contributed by atoms with Crippen molar-refractivity contribution in [1.82, 2.24) is 0 Å². The van der Waals surface area contributed by atoms with Crippen LogP contribution in [0.4, 0.5) is 14.5 Å². The second-order valence-corrected chi connectivity index (χ2v) is 8.56. The van der Waals surface area contributed by atoms with Crippen LogP contribution in [0.25, 0.3) is 0 Å². The first-order valence-electron chi connectivity index (χ1n) is 11.2. The fraction of sp³-hybridized carbons (Fsp3) is 0.333. The van der Waals surface area contributed by atoms with Crippen LogP contribution in [0.2, 0.25) is 5.02 Å². The number of amides is 2. The van der Waals surface area contributed by atoms with Crippen molar-refractivity contribution in [3.8, 4) is 18.1 Å². The molecular weight excluding hydrogens is 476 g/mol. The fourth-order valence-corrected chi connectivity index (χ4v) is 4.12. The maximum atomic E-state index is 15.2. The van der Waals surface area contributed by atoms with Crippen molar-refractivity contribution >= 4 is 29.1 Å². The van der Waals surface area contributed by atoms with E-state index in [4.69, 9.17) is 27.5 Å². The van der Waals surface area contributed by atoms with Crippen LogP contribution in [0.3, 0.4) is 0 Å². The SMILES string of the molecule is C#CC(C)Oc1cc(N(C(=O)C2=C(CCOC)CCCC2)C(=O)c2cccc(F)c2)c(F)cc1Cl. The number of hydrogen-bond acceptors (Lipinski definition) is 4. The quantitative estimate of drug-likeness (QED) is 0.324. The Balaban J connectivity index is 2.17. The van der Waals surface area contributed by atoms with E-state index in [1.54, 1.807) is 14.0 Å². The van der Waals surface area contributed by atoms with Crippen LogP contribution in [-0.2, 0) is 9.53 Å². The summed E-state index contributed by atoms with van der Waals surface area (Å²) in [5.41, 5.74) is 0.804. The highest BCUT2D eigenvalue weighted by molar-refractivity contribution is 6.32. The number of rotatable bonds is 8. The van der Waals surface area contributed by atoms with Gasteiger partial charge in [-0.1, -0.05) is 29.2 Å². The van der Waals surface area contributed by atoms with Gasteiger partial charge in [-0.05, 0) is 63.3 Å². The number of terminal acetylenes is 1. The summed E-state index contributed by atoms with van der Waals surface area (Å²) in [6.07, 6.45) is 7.93. The van der Waals surface area contributed by atoms with E-state index in [0.29, 0.717) is 31.4 Å². The predicted octanol–water partition coefficient (Wildman–Crippen LogP) is 6.10. The lowest BCUT2D eigenvalue weighted by atomic mass is 9.89. The molecule has 2 aromatic carbocycles. The Kier molecular flexibility index (Phi) is 9.02. The molecule has 5 nitrogen and oxygen atoms in total. The Labute approximate surface area is 208 Å². The highest BCUT2D eigenvalue weighted by atomic mass is 35.5. The number of hydrogen-bond donors (Lipinski definition) is 0. The monoisotopic (exact) mass is 501 g/mol. The van der Waals surface area contributed by atoms with Gasteiger partial charge in [-0.25, -0.2) is 13.7 Å². The van der Waals surface area contributed by atoms with Crippen LogP contribution in [-0.4, -0.2) is 31.6 Å². The topological polar surface area (TPSA) is 55.8 Å². The molecule has 1 unspecified atom stereocenters. The van der Waals surface area contributed by atoms with Gasteiger partial charge in [0.05, 0.1) is 10.7 Å². The van der Waals surface area contributed by atoms with E-state index < -0.39 is 29.6 Å². The number of benzene rings is 2. The van der Waals surface area contributed by atoms with Gasteiger partial charge < -0.3 is 9.47 Å². The van der Waals surface area contributed by atoms with Crippen LogP contribution < -0.4 is 9.64 Å². The molecule has 0 N–H and O–H groups in total. The van der Waals surface area contributed by atoms with Crippen molar-refractivity contribution in [2.24, 2.45) is 0 Å². The zero-order chi connectivity index (χ0) is 25.5. The van der Waals surface area contributed by atoms with Crippen molar-refractivity contribution in [1.29, 1.82) is 0 Å². The number of ether oxygens (including phenoxy) is 2. The smallest absolute Gasteiger partial charge is 0.265 e. The van der Waals surface area contributed by atoms with Crippen LogP contribution in [0.5, 0.6) is 5.75 Å². The Hall–Kier alpha value is -3.21. The third-order valence-electron chi connectivity index (χ3n) is 5.71. The molecular formula is C27H26ClF2NO4.